The second-order valence-electron chi connectivity index (χ2n) is 5.62. The van der Waals surface area contributed by atoms with Gasteiger partial charge in [0.1, 0.15) is 0 Å². The van der Waals surface area contributed by atoms with Crippen LogP contribution >= 0.6 is 0 Å². The molecular formula is C17H23NO2. The number of carboxylic acids is 1. The molecule has 20 heavy (non-hydrogen) atoms. The van der Waals surface area contributed by atoms with Crippen LogP contribution in [0.15, 0.2) is 24.3 Å². The SMILES string of the molecule is Cc1cc(C=CC(=O)O)ccc1N(C)C1CCCCC1. The van der Waals surface area contributed by atoms with E-state index in [9.17, 15) is 4.79 Å². The molecule has 1 fully saturated rings. The Hall–Kier alpha value is -1.77. The Bertz CT molecular complexity index is 502. The predicted octanol–water partition coefficient (Wildman–Crippen LogP) is 3.86. The molecule has 3 heteroatoms. The van der Waals surface area contributed by atoms with E-state index in [2.05, 4.69) is 24.9 Å². The van der Waals surface area contributed by atoms with E-state index in [1.165, 1.54) is 49.4 Å². The summed E-state index contributed by atoms with van der Waals surface area (Å²) in [7, 11) is 2.17. The van der Waals surface area contributed by atoms with E-state index in [-0.39, 0.29) is 0 Å². The molecule has 0 heterocycles. The molecule has 1 N–H and O–H groups in total. The normalized spacial score (nSPS) is 16.5. The van der Waals surface area contributed by atoms with Crippen molar-refractivity contribution in [2.75, 3.05) is 11.9 Å². The number of anilines is 1. The highest BCUT2D eigenvalue weighted by molar-refractivity contribution is 5.85. The Morgan fingerprint density at radius 1 is 1.30 bits per heavy atom. The molecule has 0 spiro atoms. The van der Waals surface area contributed by atoms with Crippen molar-refractivity contribution in [2.24, 2.45) is 0 Å². The van der Waals surface area contributed by atoms with Crippen molar-refractivity contribution in [3.8, 4) is 0 Å². The quantitative estimate of drug-likeness (QED) is 0.847. The Kier molecular flexibility index (Phi) is 4.83. The van der Waals surface area contributed by atoms with Gasteiger partial charge in [-0.15, -0.1) is 0 Å². The molecule has 2 rings (SSSR count). The smallest absolute Gasteiger partial charge is 0.328 e. The highest BCUT2D eigenvalue weighted by atomic mass is 16.4. The van der Waals surface area contributed by atoms with Gasteiger partial charge >= 0.3 is 5.97 Å². The van der Waals surface area contributed by atoms with Crippen molar-refractivity contribution >= 4 is 17.7 Å². The summed E-state index contributed by atoms with van der Waals surface area (Å²) in [4.78, 5) is 12.9. The first-order valence-corrected chi connectivity index (χ1v) is 7.32. The van der Waals surface area contributed by atoms with Crippen molar-refractivity contribution in [3.63, 3.8) is 0 Å². The highest BCUT2D eigenvalue weighted by Crippen LogP contribution is 2.28. The van der Waals surface area contributed by atoms with Gasteiger partial charge in [0.25, 0.3) is 0 Å². The van der Waals surface area contributed by atoms with E-state index in [4.69, 9.17) is 5.11 Å². The van der Waals surface area contributed by atoms with Crippen LogP contribution in [-0.2, 0) is 4.79 Å². The summed E-state index contributed by atoms with van der Waals surface area (Å²) in [5.41, 5.74) is 3.39. The van der Waals surface area contributed by atoms with Gasteiger partial charge < -0.3 is 10.0 Å². The molecular weight excluding hydrogens is 250 g/mol. The van der Waals surface area contributed by atoms with Crippen molar-refractivity contribution in [1.82, 2.24) is 0 Å². The Morgan fingerprint density at radius 2 is 2.00 bits per heavy atom. The molecule has 1 aromatic rings. The van der Waals surface area contributed by atoms with Gasteiger partial charge in [-0.1, -0.05) is 25.3 Å². The van der Waals surface area contributed by atoms with E-state index in [0.717, 1.165) is 5.56 Å². The minimum atomic E-state index is -0.911. The van der Waals surface area contributed by atoms with E-state index < -0.39 is 5.97 Å². The second kappa shape index (κ2) is 6.60. The minimum Gasteiger partial charge on any atom is -0.478 e. The molecule has 0 saturated heterocycles. The van der Waals surface area contributed by atoms with Crippen molar-refractivity contribution < 1.29 is 9.90 Å². The maximum absolute atomic E-state index is 10.5. The summed E-state index contributed by atoms with van der Waals surface area (Å²) < 4.78 is 0. The Morgan fingerprint density at radius 3 is 2.60 bits per heavy atom. The predicted molar refractivity (Wildman–Crippen MR) is 83.1 cm³/mol. The topological polar surface area (TPSA) is 40.5 Å². The van der Waals surface area contributed by atoms with Gasteiger partial charge in [-0.25, -0.2) is 4.79 Å². The summed E-state index contributed by atoms with van der Waals surface area (Å²) in [6, 6.07) is 6.78. The average molecular weight is 273 g/mol. The zero-order chi connectivity index (χ0) is 14.5. The fraction of sp³-hybridized carbons (Fsp3) is 0.471. The minimum absolute atomic E-state index is 0.642. The molecule has 1 saturated carbocycles. The lowest BCUT2D eigenvalue weighted by Crippen LogP contribution is -2.33. The molecule has 0 atom stereocenters. The third kappa shape index (κ3) is 3.62. The highest BCUT2D eigenvalue weighted by Gasteiger charge is 2.19. The number of aryl methyl sites for hydroxylation is 1. The molecule has 1 aliphatic rings. The maximum atomic E-state index is 10.5. The van der Waals surface area contributed by atoms with Gasteiger partial charge in [0, 0.05) is 24.9 Å². The van der Waals surface area contributed by atoms with Crippen molar-refractivity contribution in [3.05, 3.63) is 35.4 Å². The summed E-state index contributed by atoms with van der Waals surface area (Å²) >= 11 is 0. The van der Waals surface area contributed by atoms with E-state index in [1.54, 1.807) is 6.08 Å². The number of aliphatic carboxylic acids is 1. The van der Waals surface area contributed by atoms with Crippen LogP contribution in [0.5, 0.6) is 0 Å². The number of hydrogen-bond acceptors (Lipinski definition) is 2. The molecule has 1 aliphatic carbocycles. The third-order valence-corrected chi connectivity index (χ3v) is 4.14. The van der Waals surface area contributed by atoms with E-state index >= 15 is 0 Å². The van der Waals surface area contributed by atoms with Gasteiger partial charge in [0.05, 0.1) is 0 Å². The summed E-state index contributed by atoms with van der Waals surface area (Å²) in [5.74, 6) is -0.911. The van der Waals surface area contributed by atoms with E-state index in [0.29, 0.717) is 6.04 Å². The zero-order valence-electron chi connectivity index (χ0n) is 12.3. The first-order chi connectivity index (χ1) is 9.58. The lowest BCUT2D eigenvalue weighted by Gasteiger charge is -2.34. The number of hydrogen-bond donors (Lipinski definition) is 1. The van der Waals surface area contributed by atoms with Crippen LogP contribution in [0.1, 0.15) is 43.2 Å². The lowest BCUT2D eigenvalue weighted by molar-refractivity contribution is -0.131. The summed E-state index contributed by atoms with van der Waals surface area (Å²) in [5, 5.41) is 8.66. The van der Waals surface area contributed by atoms with Gasteiger partial charge in [0.2, 0.25) is 0 Å². The first-order valence-electron chi connectivity index (χ1n) is 7.32. The average Bonchev–Trinajstić information content (AvgIpc) is 2.45. The fourth-order valence-electron chi connectivity index (χ4n) is 3.01. The number of rotatable bonds is 4. The maximum Gasteiger partial charge on any atom is 0.328 e. The van der Waals surface area contributed by atoms with Crippen LogP contribution in [-0.4, -0.2) is 24.2 Å². The van der Waals surface area contributed by atoms with Gasteiger partial charge in [0.15, 0.2) is 0 Å². The number of benzene rings is 1. The Balaban J connectivity index is 2.14. The molecule has 0 amide bonds. The van der Waals surface area contributed by atoms with Gasteiger partial charge in [-0.05, 0) is 49.1 Å². The van der Waals surface area contributed by atoms with Gasteiger partial charge in [-0.3, -0.25) is 0 Å². The third-order valence-electron chi connectivity index (χ3n) is 4.14. The monoisotopic (exact) mass is 273 g/mol. The molecule has 1 aromatic carbocycles. The van der Waals surface area contributed by atoms with E-state index in [1.807, 2.05) is 12.1 Å². The molecule has 3 nitrogen and oxygen atoms in total. The number of nitrogens with zero attached hydrogens (tertiary/aromatic N) is 1. The number of carbonyl (C=O) groups is 1. The van der Waals surface area contributed by atoms with Crippen LogP contribution in [0.3, 0.4) is 0 Å². The molecule has 0 aromatic heterocycles. The largest absolute Gasteiger partial charge is 0.478 e. The second-order valence-corrected chi connectivity index (χ2v) is 5.62. The van der Waals surface area contributed by atoms with Gasteiger partial charge in [-0.2, -0.15) is 0 Å². The zero-order valence-corrected chi connectivity index (χ0v) is 12.3. The standard InChI is InChI=1S/C17H23NO2/c1-13-12-14(9-11-17(19)20)8-10-16(13)18(2)15-6-4-3-5-7-15/h8-12,15H,3-7H2,1-2H3,(H,19,20). The molecule has 0 bridgehead atoms. The molecule has 0 aliphatic heterocycles. The lowest BCUT2D eigenvalue weighted by atomic mass is 9.93. The first kappa shape index (κ1) is 14.6. The summed E-state index contributed by atoms with van der Waals surface area (Å²) in [6.07, 6.45) is 9.38. The fourth-order valence-corrected chi connectivity index (χ4v) is 3.01. The van der Waals surface area contributed by atoms with Crippen LogP contribution in [0.4, 0.5) is 5.69 Å². The summed E-state index contributed by atoms with van der Waals surface area (Å²) in [6.45, 7) is 2.09. The van der Waals surface area contributed by atoms with Crippen LogP contribution < -0.4 is 4.90 Å². The van der Waals surface area contributed by atoms with Crippen molar-refractivity contribution in [2.45, 2.75) is 45.1 Å². The van der Waals surface area contributed by atoms with Crippen molar-refractivity contribution in [1.29, 1.82) is 0 Å². The number of carboxylic acid groups (broad SMARTS) is 1. The molecule has 0 radical (unpaired) electrons. The van der Waals surface area contributed by atoms with Crippen LogP contribution in [0, 0.1) is 6.92 Å². The van der Waals surface area contributed by atoms with Crippen LogP contribution in [0.25, 0.3) is 6.08 Å². The Labute approximate surface area is 120 Å². The molecule has 0 unspecified atom stereocenters. The van der Waals surface area contributed by atoms with Crippen LogP contribution in [0.2, 0.25) is 0 Å². The molecule has 108 valence electrons.